The van der Waals surface area contributed by atoms with Crippen LogP contribution in [0.5, 0.6) is 0 Å². The van der Waals surface area contributed by atoms with E-state index in [4.69, 9.17) is 0 Å². The van der Waals surface area contributed by atoms with E-state index in [1.54, 1.807) is 0 Å². The highest BCUT2D eigenvalue weighted by atomic mass is 16.1. The van der Waals surface area contributed by atoms with Gasteiger partial charge in [-0.05, 0) is 32.5 Å². The molecule has 0 unspecified atom stereocenters. The molecule has 1 fully saturated rings. The first-order valence-electron chi connectivity index (χ1n) is 6.99. The Morgan fingerprint density at radius 2 is 1.76 bits per heavy atom. The van der Waals surface area contributed by atoms with Crippen molar-refractivity contribution in [2.24, 2.45) is 0 Å². The minimum atomic E-state index is 0.896. The van der Waals surface area contributed by atoms with E-state index in [-0.39, 0.29) is 0 Å². The van der Waals surface area contributed by atoms with Crippen molar-refractivity contribution in [2.45, 2.75) is 32.6 Å². The molecule has 0 aromatic carbocycles. The molecule has 4 nitrogen and oxygen atoms in total. The second-order valence-electron chi connectivity index (χ2n) is 4.79. The smallest absolute Gasteiger partial charge is 0.209 e. The van der Waals surface area contributed by atoms with Crippen LogP contribution in [0.4, 0.5) is 0 Å². The van der Waals surface area contributed by atoms with Crippen molar-refractivity contribution >= 4 is 6.41 Å². The van der Waals surface area contributed by atoms with Crippen molar-refractivity contribution in [1.82, 2.24) is 15.1 Å². The second-order valence-corrected chi connectivity index (χ2v) is 4.79. The third-order valence-corrected chi connectivity index (χ3v) is 3.34. The van der Waals surface area contributed by atoms with E-state index in [0.717, 1.165) is 52.2 Å². The fourth-order valence-corrected chi connectivity index (χ4v) is 2.15. The molecule has 100 valence electrons. The zero-order valence-corrected chi connectivity index (χ0v) is 11.2. The summed E-state index contributed by atoms with van der Waals surface area (Å²) >= 11 is 0. The summed E-state index contributed by atoms with van der Waals surface area (Å²) in [6, 6.07) is 0. The van der Waals surface area contributed by atoms with Gasteiger partial charge in [0, 0.05) is 26.2 Å². The van der Waals surface area contributed by atoms with E-state index >= 15 is 0 Å². The molecule has 17 heavy (non-hydrogen) atoms. The summed E-state index contributed by atoms with van der Waals surface area (Å²) in [4.78, 5) is 14.9. The summed E-state index contributed by atoms with van der Waals surface area (Å²) in [5.41, 5.74) is 0. The van der Waals surface area contributed by atoms with Gasteiger partial charge < -0.3 is 10.2 Å². The largest absolute Gasteiger partial charge is 0.343 e. The molecule has 1 N–H and O–H groups in total. The maximum absolute atomic E-state index is 10.5. The summed E-state index contributed by atoms with van der Waals surface area (Å²) in [6.07, 6.45) is 6.11. The molecule has 0 aromatic rings. The topological polar surface area (TPSA) is 35.6 Å². The second kappa shape index (κ2) is 9.42. The molecule has 1 rings (SSSR count). The van der Waals surface area contributed by atoms with Gasteiger partial charge in [0.15, 0.2) is 0 Å². The molecule has 1 aliphatic rings. The van der Waals surface area contributed by atoms with Crippen LogP contribution in [0.3, 0.4) is 0 Å². The lowest BCUT2D eigenvalue weighted by atomic mass is 10.2. The molecule has 0 atom stereocenters. The number of carbonyl (C=O) groups excluding carboxylic acids is 1. The fourth-order valence-electron chi connectivity index (χ4n) is 2.15. The van der Waals surface area contributed by atoms with Crippen molar-refractivity contribution in [2.75, 3.05) is 45.8 Å². The number of piperazine rings is 1. The van der Waals surface area contributed by atoms with Crippen LogP contribution in [0.15, 0.2) is 0 Å². The van der Waals surface area contributed by atoms with Crippen molar-refractivity contribution < 1.29 is 4.79 Å². The van der Waals surface area contributed by atoms with Crippen LogP contribution in [0, 0.1) is 0 Å². The van der Waals surface area contributed by atoms with Crippen LogP contribution in [0.1, 0.15) is 32.6 Å². The lowest BCUT2D eigenvalue weighted by molar-refractivity contribution is -0.119. The van der Waals surface area contributed by atoms with Crippen LogP contribution >= 0.6 is 0 Å². The van der Waals surface area contributed by atoms with E-state index in [1.165, 1.54) is 25.7 Å². The molecular formula is C13H27N3O. The minimum absolute atomic E-state index is 0.896. The van der Waals surface area contributed by atoms with Crippen molar-refractivity contribution in [1.29, 1.82) is 0 Å². The standard InChI is InChI=1S/C13H27N3O/c1-2-3-4-6-14-7-5-8-15-9-11-16(13-17)12-10-15/h13-14H,2-12H2,1H3. The van der Waals surface area contributed by atoms with E-state index in [9.17, 15) is 4.79 Å². The molecule has 1 heterocycles. The van der Waals surface area contributed by atoms with Crippen molar-refractivity contribution in [3.05, 3.63) is 0 Å². The first kappa shape index (κ1) is 14.5. The Kier molecular flexibility index (Phi) is 8.01. The third kappa shape index (κ3) is 6.64. The Balaban J connectivity index is 1.88. The Morgan fingerprint density at radius 3 is 2.41 bits per heavy atom. The average molecular weight is 241 g/mol. The summed E-state index contributed by atoms with van der Waals surface area (Å²) < 4.78 is 0. The fraction of sp³-hybridized carbons (Fsp3) is 0.923. The number of rotatable bonds is 9. The number of nitrogens with zero attached hydrogens (tertiary/aromatic N) is 2. The van der Waals surface area contributed by atoms with Gasteiger partial charge in [-0.15, -0.1) is 0 Å². The van der Waals surface area contributed by atoms with Gasteiger partial charge >= 0.3 is 0 Å². The molecule has 1 saturated heterocycles. The molecule has 4 heteroatoms. The summed E-state index contributed by atoms with van der Waals surface area (Å²) in [5.74, 6) is 0. The van der Waals surface area contributed by atoms with E-state index in [2.05, 4.69) is 17.1 Å². The van der Waals surface area contributed by atoms with E-state index in [1.807, 2.05) is 4.90 Å². The quantitative estimate of drug-likeness (QED) is 0.482. The van der Waals surface area contributed by atoms with Gasteiger partial charge in [0.1, 0.15) is 0 Å². The Hall–Kier alpha value is -0.610. The number of hydrogen-bond acceptors (Lipinski definition) is 3. The number of hydrogen-bond donors (Lipinski definition) is 1. The number of carbonyl (C=O) groups is 1. The lowest BCUT2D eigenvalue weighted by Gasteiger charge is -2.32. The number of unbranched alkanes of at least 4 members (excludes halogenated alkanes) is 2. The lowest BCUT2D eigenvalue weighted by Crippen LogP contribution is -2.46. The monoisotopic (exact) mass is 241 g/mol. The van der Waals surface area contributed by atoms with Gasteiger partial charge in [-0.1, -0.05) is 19.8 Å². The SMILES string of the molecule is CCCCCNCCCN1CCN(C=O)CC1. The maximum atomic E-state index is 10.5. The van der Waals surface area contributed by atoms with Crippen LogP contribution < -0.4 is 5.32 Å². The molecule has 0 radical (unpaired) electrons. The Labute approximate surface area is 105 Å². The normalized spacial score (nSPS) is 17.4. The van der Waals surface area contributed by atoms with E-state index < -0.39 is 0 Å². The maximum Gasteiger partial charge on any atom is 0.209 e. The van der Waals surface area contributed by atoms with Gasteiger partial charge in [-0.3, -0.25) is 9.69 Å². The highest BCUT2D eigenvalue weighted by Crippen LogP contribution is 2.00. The molecule has 1 amide bonds. The molecule has 0 aromatic heterocycles. The number of amides is 1. The highest BCUT2D eigenvalue weighted by Gasteiger charge is 2.14. The molecular weight excluding hydrogens is 214 g/mol. The number of nitrogens with one attached hydrogen (secondary N) is 1. The summed E-state index contributed by atoms with van der Waals surface area (Å²) in [5, 5.41) is 3.49. The predicted octanol–water partition coefficient (Wildman–Crippen LogP) is 0.930. The first-order valence-corrected chi connectivity index (χ1v) is 6.99. The highest BCUT2D eigenvalue weighted by molar-refractivity contribution is 5.47. The van der Waals surface area contributed by atoms with Gasteiger partial charge in [0.25, 0.3) is 0 Å². The summed E-state index contributed by atoms with van der Waals surface area (Å²) in [6.45, 7) is 9.54. The zero-order chi connectivity index (χ0) is 12.3. The first-order chi connectivity index (χ1) is 8.36. The van der Waals surface area contributed by atoms with Crippen LogP contribution in [-0.2, 0) is 4.79 Å². The molecule has 0 spiro atoms. The summed E-state index contributed by atoms with van der Waals surface area (Å²) in [7, 11) is 0. The third-order valence-electron chi connectivity index (χ3n) is 3.34. The Morgan fingerprint density at radius 1 is 1.06 bits per heavy atom. The predicted molar refractivity (Wildman–Crippen MR) is 71.1 cm³/mol. The van der Waals surface area contributed by atoms with Gasteiger partial charge in [-0.2, -0.15) is 0 Å². The molecule has 0 aliphatic carbocycles. The Bertz CT molecular complexity index is 191. The van der Waals surface area contributed by atoms with E-state index in [0.29, 0.717) is 0 Å². The van der Waals surface area contributed by atoms with Crippen molar-refractivity contribution in [3.63, 3.8) is 0 Å². The average Bonchev–Trinajstić information content (AvgIpc) is 2.38. The van der Waals surface area contributed by atoms with Gasteiger partial charge in [0.2, 0.25) is 6.41 Å². The molecule has 0 saturated carbocycles. The molecule has 0 bridgehead atoms. The van der Waals surface area contributed by atoms with Gasteiger partial charge in [0.05, 0.1) is 0 Å². The minimum Gasteiger partial charge on any atom is -0.343 e. The molecule has 1 aliphatic heterocycles. The van der Waals surface area contributed by atoms with Crippen LogP contribution in [0.2, 0.25) is 0 Å². The van der Waals surface area contributed by atoms with Crippen LogP contribution in [-0.4, -0.2) is 62.0 Å². The van der Waals surface area contributed by atoms with Gasteiger partial charge in [-0.25, -0.2) is 0 Å². The van der Waals surface area contributed by atoms with Crippen LogP contribution in [0.25, 0.3) is 0 Å². The van der Waals surface area contributed by atoms with Crippen molar-refractivity contribution in [3.8, 4) is 0 Å². The zero-order valence-electron chi connectivity index (χ0n) is 11.2.